The Balaban J connectivity index is 1.39. The zero-order valence-corrected chi connectivity index (χ0v) is 18.0. The van der Waals surface area contributed by atoms with Gasteiger partial charge in [-0.1, -0.05) is 23.5 Å². The van der Waals surface area contributed by atoms with Gasteiger partial charge in [-0.3, -0.25) is 19.3 Å². The summed E-state index contributed by atoms with van der Waals surface area (Å²) < 4.78 is 7.72. The molecule has 10 heteroatoms. The second-order valence-corrected chi connectivity index (χ2v) is 8.21. The molecule has 9 nitrogen and oxygen atoms in total. The van der Waals surface area contributed by atoms with Gasteiger partial charge in [0.15, 0.2) is 0 Å². The Morgan fingerprint density at radius 2 is 1.81 bits per heavy atom. The number of ether oxygens (including phenoxy) is 1. The minimum absolute atomic E-state index is 0.302. The lowest BCUT2D eigenvalue weighted by Crippen LogP contribution is -2.37. The number of nitrogens with zero attached hydrogens (tertiary/aromatic N) is 4. The van der Waals surface area contributed by atoms with Crippen LogP contribution in [-0.2, 0) is 4.79 Å². The second kappa shape index (κ2) is 7.57. The molecule has 0 fully saturated rings. The molecule has 0 atom stereocenters. The number of aromatic nitrogens is 3. The van der Waals surface area contributed by atoms with Crippen molar-refractivity contribution >= 4 is 45.1 Å². The molecular formula is C22H17N5O4S. The monoisotopic (exact) mass is 447 g/mol. The number of methoxy groups -OCH3 is 1. The van der Waals surface area contributed by atoms with Crippen LogP contribution < -0.4 is 10.1 Å². The zero-order chi connectivity index (χ0) is 22.4. The maximum absolute atomic E-state index is 12.7. The highest BCUT2D eigenvalue weighted by molar-refractivity contribution is 7.20. The standard InChI is InChI=1S/C22H17N5O4S/c1-12-9-18(27(25-12)22-23-16-10-13(31-2)7-8-17(16)32-22)24-19(28)11-26-20(29)14-5-3-4-6-15(14)21(26)30/h3-10H,11H2,1-2H3,(H,24,28). The van der Waals surface area contributed by atoms with Gasteiger partial charge in [-0.2, -0.15) is 9.78 Å². The Kier molecular flexibility index (Phi) is 4.71. The van der Waals surface area contributed by atoms with Gasteiger partial charge >= 0.3 is 0 Å². The molecule has 1 aliphatic heterocycles. The average Bonchev–Trinajstić information content (AvgIpc) is 3.44. The third-order valence-electron chi connectivity index (χ3n) is 5.04. The Morgan fingerprint density at radius 1 is 1.09 bits per heavy atom. The van der Waals surface area contributed by atoms with Crippen molar-refractivity contribution in [2.45, 2.75) is 6.92 Å². The lowest BCUT2D eigenvalue weighted by Gasteiger charge is -2.13. The molecule has 0 saturated heterocycles. The minimum Gasteiger partial charge on any atom is -0.497 e. The van der Waals surface area contributed by atoms with Crippen molar-refractivity contribution < 1.29 is 19.1 Å². The van der Waals surface area contributed by atoms with Gasteiger partial charge in [0.25, 0.3) is 11.8 Å². The number of nitrogens with one attached hydrogen (secondary N) is 1. The number of rotatable bonds is 5. The van der Waals surface area contributed by atoms with Crippen LogP contribution in [0.3, 0.4) is 0 Å². The van der Waals surface area contributed by atoms with Gasteiger partial charge in [-0.25, -0.2) is 4.98 Å². The number of imide groups is 1. The lowest BCUT2D eigenvalue weighted by molar-refractivity contribution is -0.116. The summed E-state index contributed by atoms with van der Waals surface area (Å²) in [6.45, 7) is 1.40. The van der Waals surface area contributed by atoms with Gasteiger partial charge in [-0.05, 0) is 31.2 Å². The summed E-state index contributed by atoms with van der Waals surface area (Å²) in [4.78, 5) is 43.3. The minimum atomic E-state index is -0.511. The first-order valence-corrected chi connectivity index (χ1v) is 10.5. The number of benzene rings is 2. The fraction of sp³-hybridized carbons (Fsp3) is 0.136. The maximum atomic E-state index is 12.7. The number of hydrogen-bond acceptors (Lipinski definition) is 7. The lowest BCUT2D eigenvalue weighted by atomic mass is 10.1. The van der Waals surface area contributed by atoms with E-state index in [1.54, 1.807) is 44.4 Å². The smallest absolute Gasteiger partial charge is 0.262 e. The molecule has 4 aromatic rings. The van der Waals surface area contributed by atoms with Gasteiger partial charge in [0.1, 0.15) is 18.1 Å². The molecule has 5 rings (SSSR count). The molecule has 0 radical (unpaired) electrons. The highest BCUT2D eigenvalue weighted by Gasteiger charge is 2.36. The number of thiazole rings is 1. The fourth-order valence-electron chi connectivity index (χ4n) is 3.56. The van der Waals surface area contributed by atoms with E-state index < -0.39 is 24.3 Å². The van der Waals surface area contributed by atoms with Crippen molar-refractivity contribution in [1.82, 2.24) is 19.7 Å². The summed E-state index contributed by atoms with van der Waals surface area (Å²) in [7, 11) is 1.59. The number of fused-ring (bicyclic) bond motifs is 2. The Morgan fingerprint density at radius 3 is 2.50 bits per heavy atom. The molecule has 3 amide bonds. The van der Waals surface area contributed by atoms with E-state index in [1.807, 2.05) is 18.2 Å². The highest BCUT2D eigenvalue weighted by Crippen LogP contribution is 2.30. The highest BCUT2D eigenvalue weighted by atomic mass is 32.1. The third kappa shape index (κ3) is 3.30. The van der Waals surface area contributed by atoms with Gasteiger partial charge in [-0.15, -0.1) is 0 Å². The van der Waals surface area contributed by atoms with E-state index in [2.05, 4.69) is 15.4 Å². The number of hydrogen-bond donors (Lipinski definition) is 1. The Bertz CT molecular complexity index is 1370. The number of carbonyl (C=O) groups excluding carboxylic acids is 3. The number of amides is 3. The van der Waals surface area contributed by atoms with Crippen LogP contribution in [0.25, 0.3) is 15.3 Å². The molecule has 2 aromatic heterocycles. The summed E-state index contributed by atoms with van der Waals surface area (Å²) in [5, 5.41) is 7.75. The first-order chi connectivity index (χ1) is 15.4. The van der Waals surface area contributed by atoms with Crippen LogP contribution in [0.2, 0.25) is 0 Å². The molecule has 3 heterocycles. The van der Waals surface area contributed by atoms with Gasteiger partial charge in [0.2, 0.25) is 11.0 Å². The van der Waals surface area contributed by atoms with Crippen molar-refractivity contribution in [3.05, 3.63) is 65.4 Å². The second-order valence-electron chi connectivity index (χ2n) is 7.20. The van der Waals surface area contributed by atoms with E-state index in [4.69, 9.17) is 4.74 Å². The zero-order valence-electron chi connectivity index (χ0n) is 17.2. The van der Waals surface area contributed by atoms with E-state index in [0.29, 0.717) is 33.5 Å². The third-order valence-corrected chi connectivity index (χ3v) is 6.06. The first-order valence-electron chi connectivity index (χ1n) is 9.71. The van der Waals surface area contributed by atoms with E-state index in [0.717, 1.165) is 15.1 Å². The predicted octanol–water partition coefficient (Wildman–Crippen LogP) is 3.03. The first kappa shape index (κ1) is 19.9. The largest absolute Gasteiger partial charge is 0.497 e. The van der Waals surface area contributed by atoms with Crippen molar-refractivity contribution in [3.8, 4) is 10.9 Å². The molecule has 160 valence electrons. The molecule has 2 aromatic carbocycles. The van der Waals surface area contributed by atoms with Crippen molar-refractivity contribution in [2.24, 2.45) is 0 Å². The molecule has 1 aliphatic rings. The molecule has 0 bridgehead atoms. The van der Waals surface area contributed by atoms with Crippen LogP contribution in [0.4, 0.5) is 5.82 Å². The molecule has 0 aliphatic carbocycles. The fourth-order valence-corrected chi connectivity index (χ4v) is 4.47. The molecule has 0 unspecified atom stereocenters. The Labute approximate surface area is 186 Å². The number of carbonyl (C=O) groups is 3. The quantitative estimate of drug-likeness (QED) is 0.472. The van der Waals surface area contributed by atoms with E-state index in [9.17, 15) is 14.4 Å². The molecule has 1 N–H and O–H groups in total. The summed E-state index contributed by atoms with van der Waals surface area (Å²) in [6, 6.07) is 13.8. The van der Waals surface area contributed by atoms with Crippen molar-refractivity contribution in [2.75, 3.05) is 19.0 Å². The van der Waals surface area contributed by atoms with Crippen LogP contribution in [-0.4, -0.2) is 51.0 Å². The molecular weight excluding hydrogens is 430 g/mol. The van der Waals surface area contributed by atoms with E-state index in [1.165, 1.54) is 16.0 Å². The van der Waals surface area contributed by atoms with Crippen LogP contribution >= 0.6 is 11.3 Å². The number of aryl methyl sites for hydroxylation is 1. The van der Waals surface area contributed by atoms with Crippen LogP contribution in [0.1, 0.15) is 26.4 Å². The van der Waals surface area contributed by atoms with E-state index >= 15 is 0 Å². The van der Waals surface area contributed by atoms with E-state index in [-0.39, 0.29) is 0 Å². The maximum Gasteiger partial charge on any atom is 0.262 e. The topological polar surface area (TPSA) is 106 Å². The summed E-state index contributed by atoms with van der Waals surface area (Å²) >= 11 is 1.41. The Hall–Kier alpha value is -4.05. The molecule has 0 spiro atoms. The predicted molar refractivity (Wildman–Crippen MR) is 118 cm³/mol. The van der Waals surface area contributed by atoms with Gasteiger partial charge in [0.05, 0.1) is 34.1 Å². The molecule has 0 saturated carbocycles. The van der Waals surface area contributed by atoms with Gasteiger partial charge < -0.3 is 10.1 Å². The molecule has 32 heavy (non-hydrogen) atoms. The van der Waals surface area contributed by atoms with Crippen LogP contribution in [0.5, 0.6) is 5.75 Å². The summed E-state index contributed by atoms with van der Waals surface area (Å²) in [5.41, 5.74) is 2.03. The van der Waals surface area contributed by atoms with Crippen LogP contribution in [0, 0.1) is 6.92 Å². The average molecular weight is 447 g/mol. The number of anilines is 1. The summed E-state index contributed by atoms with van der Waals surface area (Å²) in [6.07, 6.45) is 0. The summed E-state index contributed by atoms with van der Waals surface area (Å²) in [5.74, 6) is -0.379. The van der Waals surface area contributed by atoms with Crippen molar-refractivity contribution in [3.63, 3.8) is 0 Å². The normalized spacial score (nSPS) is 13.0. The SMILES string of the molecule is COc1ccc2sc(-n3nc(C)cc3NC(=O)CN3C(=O)c4ccccc4C3=O)nc2c1. The van der Waals surface area contributed by atoms with Crippen LogP contribution in [0.15, 0.2) is 48.5 Å². The van der Waals surface area contributed by atoms with Crippen molar-refractivity contribution in [1.29, 1.82) is 0 Å². The van der Waals surface area contributed by atoms with Gasteiger partial charge in [0, 0.05) is 12.1 Å².